The van der Waals surface area contributed by atoms with Crippen molar-refractivity contribution in [3.63, 3.8) is 0 Å². The Labute approximate surface area is 165 Å². The first-order chi connectivity index (χ1) is 13.5. The maximum absolute atomic E-state index is 13.1. The molecule has 5 nitrogen and oxygen atoms in total. The van der Waals surface area contributed by atoms with Crippen LogP contribution in [0.4, 0.5) is 10.1 Å². The van der Waals surface area contributed by atoms with Gasteiger partial charge in [-0.25, -0.2) is 4.39 Å². The van der Waals surface area contributed by atoms with Crippen LogP contribution in [0, 0.1) is 12.7 Å². The van der Waals surface area contributed by atoms with Crippen molar-refractivity contribution >= 4 is 17.5 Å². The lowest BCUT2D eigenvalue weighted by atomic mass is 10.2. The third-order valence-corrected chi connectivity index (χ3v) is 4.20. The van der Waals surface area contributed by atoms with Crippen molar-refractivity contribution in [3.05, 3.63) is 59.9 Å². The van der Waals surface area contributed by atoms with Gasteiger partial charge in [-0.2, -0.15) is 0 Å². The van der Waals surface area contributed by atoms with Crippen molar-refractivity contribution in [3.8, 4) is 5.75 Å². The number of benzene rings is 2. The summed E-state index contributed by atoms with van der Waals surface area (Å²) in [5.41, 5.74) is 1.72. The van der Waals surface area contributed by atoms with E-state index >= 15 is 0 Å². The van der Waals surface area contributed by atoms with E-state index < -0.39 is 0 Å². The molecule has 0 aliphatic carbocycles. The number of anilines is 1. The number of hydrogen-bond donors (Lipinski definition) is 1. The minimum absolute atomic E-state index is 0.0196. The first kappa shape index (κ1) is 21.4. The summed E-state index contributed by atoms with van der Waals surface area (Å²) < 4.78 is 18.6. The largest absolute Gasteiger partial charge is 0.493 e. The van der Waals surface area contributed by atoms with Crippen molar-refractivity contribution in [2.24, 2.45) is 0 Å². The molecular formula is C22H27FN2O3. The molecule has 0 unspecified atom stereocenters. The molecule has 2 aromatic carbocycles. The van der Waals surface area contributed by atoms with Crippen molar-refractivity contribution in [1.29, 1.82) is 0 Å². The van der Waals surface area contributed by atoms with E-state index in [4.69, 9.17) is 4.74 Å². The maximum atomic E-state index is 13.1. The molecule has 1 N–H and O–H groups in total. The topological polar surface area (TPSA) is 58.6 Å². The van der Waals surface area contributed by atoms with E-state index in [1.165, 1.54) is 12.1 Å². The molecule has 150 valence electrons. The molecule has 0 bridgehead atoms. The monoisotopic (exact) mass is 386 g/mol. The van der Waals surface area contributed by atoms with Gasteiger partial charge in [0.2, 0.25) is 11.8 Å². The van der Waals surface area contributed by atoms with Gasteiger partial charge in [0, 0.05) is 24.7 Å². The summed E-state index contributed by atoms with van der Waals surface area (Å²) in [4.78, 5) is 26.4. The van der Waals surface area contributed by atoms with Crippen LogP contribution in [0.3, 0.4) is 0 Å². The second-order valence-corrected chi connectivity index (χ2v) is 6.59. The molecule has 0 aliphatic heterocycles. The molecule has 2 amide bonds. The quantitative estimate of drug-likeness (QED) is 0.624. The van der Waals surface area contributed by atoms with Crippen molar-refractivity contribution in [2.45, 2.75) is 33.1 Å². The summed E-state index contributed by atoms with van der Waals surface area (Å²) in [6, 6.07) is 13.4. The summed E-state index contributed by atoms with van der Waals surface area (Å²) in [6.07, 6.45) is 1.53. The molecule has 28 heavy (non-hydrogen) atoms. The first-order valence-electron chi connectivity index (χ1n) is 9.51. The number of nitrogens with one attached hydrogen (secondary N) is 1. The van der Waals surface area contributed by atoms with E-state index in [0.29, 0.717) is 25.3 Å². The van der Waals surface area contributed by atoms with Gasteiger partial charge >= 0.3 is 0 Å². The lowest BCUT2D eigenvalue weighted by Crippen LogP contribution is -2.38. The smallest absolute Gasteiger partial charge is 0.244 e. The third kappa shape index (κ3) is 7.02. The minimum atomic E-state index is -0.359. The fourth-order valence-corrected chi connectivity index (χ4v) is 2.77. The number of nitrogens with zero attached hydrogens (tertiary/aromatic N) is 1. The molecule has 0 radical (unpaired) electrons. The van der Waals surface area contributed by atoms with Crippen LogP contribution in [-0.4, -0.2) is 36.4 Å². The summed E-state index contributed by atoms with van der Waals surface area (Å²) >= 11 is 0. The number of aryl methyl sites for hydroxylation is 1. The fourth-order valence-electron chi connectivity index (χ4n) is 2.77. The predicted molar refractivity (Wildman–Crippen MR) is 108 cm³/mol. The van der Waals surface area contributed by atoms with Crippen LogP contribution < -0.4 is 10.1 Å². The Bertz CT molecular complexity index is 795. The van der Waals surface area contributed by atoms with Gasteiger partial charge < -0.3 is 15.0 Å². The average molecular weight is 386 g/mol. The molecule has 0 saturated heterocycles. The fraction of sp³-hybridized carbons (Fsp3) is 0.364. The van der Waals surface area contributed by atoms with Crippen molar-refractivity contribution in [1.82, 2.24) is 4.90 Å². The highest BCUT2D eigenvalue weighted by atomic mass is 19.1. The van der Waals surface area contributed by atoms with Gasteiger partial charge in [-0.3, -0.25) is 9.59 Å². The second kappa shape index (κ2) is 11.1. The van der Waals surface area contributed by atoms with Crippen LogP contribution in [0.2, 0.25) is 0 Å². The van der Waals surface area contributed by atoms with Crippen molar-refractivity contribution in [2.75, 3.05) is 25.0 Å². The summed E-state index contributed by atoms with van der Waals surface area (Å²) in [6.45, 7) is 4.73. The highest BCUT2D eigenvalue weighted by Crippen LogP contribution is 2.14. The Morgan fingerprint density at radius 3 is 2.64 bits per heavy atom. The number of carbonyl (C=O) groups is 2. The van der Waals surface area contributed by atoms with Gasteiger partial charge in [-0.15, -0.1) is 0 Å². The summed E-state index contributed by atoms with van der Waals surface area (Å²) in [7, 11) is 0. The molecule has 0 saturated carbocycles. The Morgan fingerprint density at radius 1 is 1.14 bits per heavy atom. The Hall–Kier alpha value is -2.89. The number of hydrogen-bond acceptors (Lipinski definition) is 3. The normalized spacial score (nSPS) is 10.4. The summed E-state index contributed by atoms with van der Waals surface area (Å²) in [5.74, 6) is -0.227. The number of carbonyl (C=O) groups excluding carboxylic acids is 2. The molecule has 0 heterocycles. The summed E-state index contributed by atoms with van der Waals surface area (Å²) in [5, 5.41) is 2.85. The highest BCUT2D eigenvalue weighted by molar-refractivity contribution is 5.95. The van der Waals surface area contributed by atoms with Gasteiger partial charge in [0.1, 0.15) is 11.6 Å². The molecule has 0 fully saturated rings. The van der Waals surface area contributed by atoms with Crippen LogP contribution >= 0.6 is 0 Å². The Balaban J connectivity index is 1.80. The molecular weight excluding hydrogens is 359 g/mol. The Morgan fingerprint density at radius 2 is 1.93 bits per heavy atom. The van der Waals surface area contributed by atoms with Crippen molar-refractivity contribution < 1.29 is 18.7 Å². The first-order valence-corrected chi connectivity index (χ1v) is 9.51. The number of amides is 2. The van der Waals surface area contributed by atoms with Gasteiger partial charge in [0.25, 0.3) is 0 Å². The van der Waals surface area contributed by atoms with E-state index in [9.17, 15) is 14.0 Å². The third-order valence-electron chi connectivity index (χ3n) is 4.20. The number of para-hydroxylation sites is 1. The van der Waals surface area contributed by atoms with Gasteiger partial charge in [0.05, 0.1) is 13.2 Å². The lowest BCUT2D eigenvalue weighted by molar-refractivity contribution is -0.134. The standard InChI is InChI=1S/C22H27FN2O3/c1-3-13-25(16-21(26)24-20-11-5-4-8-17(20)2)22(27)12-7-14-28-19-10-6-9-18(23)15-19/h4-6,8-11,15H,3,7,12-14,16H2,1-2H3,(H,24,26). The van der Waals surface area contributed by atoms with Crippen LogP contribution in [0.1, 0.15) is 31.7 Å². The maximum Gasteiger partial charge on any atom is 0.244 e. The van der Waals surface area contributed by atoms with Crippen LogP contribution in [0.5, 0.6) is 5.75 Å². The number of rotatable bonds is 10. The van der Waals surface area contributed by atoms with E-state index in [0.717, 1.165) is 17.7 Å². The molecule has 0 aliphatic rings. The minimum Gasteiger partial charge on any atom is -0.493 e. The highest BCUT2D eigenvalue weighted by Gasteiger charge is 2.16. The SMILES string of the molecule is CCCN(CC(=O)Nc1ccccc1C)C(=O)CCCOc1cccc(F)c1. The molecule has 2 aromatic rings. The van der Waals surface area contributed by atoms with Gasteiger partial charge in [-0.05, 0) is 43.5 Å². The predicted octanol–water partition coefficient (Wildman–Crippen LogP) is 4.17. The van der Waals surface area contributed by atoms with Gasteiger partial charge in [0.15, 0.2) is 0 Å². The Kier molecular flexibility index (Phi) is 8.46. The van der Waals surface area contributed by atoms with E-state index in [1.807, 2.05) is 38.1 Å². The molecule has 2 rings (SSSR count). The van der Waals surface area contributed by atoms with E-state index in [2.05, 4.69) is 5.32 Å². The van der Waals surface area contributed by atoms with Crippen LogP contribution in [0.15, 0.2) is 48.5 Å². The van der Waals surface area contributed by atoms with E-state index in [1.54, 1.807) is 17.0 Å². The van der Waals surface area contributed by atoms with Crippen LogP contribution in [-0.2, 0) is 9.59 Å². The van der Waals surface area contributed by atoms with E-state index in [-0.39, 0.29) is 30.6 Å². The average Bonchev–Trinajstić information content (AvgIpc) is 2.66. The van der Waals surface area contributed by atoms with Crippen LogP contribution in [0.25, 0.3) is 0 Å². The zero-order valence-corrected chi connectivity index (χ0v) is 16.4. The number of ether oxygens (including phenoxy) is 1. The zero-order chi connectivity index (χ0) is 20.4. The second-order valence-electron chi connectivity index (χ2n) is 6.59. The number of halogens is 1. The molecule has 6 heteroatoms. The molecule has 0 spiro atoms. The van der Waals surface area contributed by atoms with Gasteiger partial charge in [-0.1, -0.05) is 31.2 Å². The molecule has 0 aromatic heterocycles. The lowest BCUT2D eigenvalue weighted by Gasteiger charge is -2.22. The zero-order valence-electron chi connectivity index (χ0n) is 16.4. The molecule has 0 atom stereocenters.